The molecule has 0 unspecified atom stereocenters. The van der Waals surface area contributed by atoms with Crippen LogP contribution in [-0.2, 0) is 27.5 Å². The number of aromatic nitrogens is 1. The number of carbonyl (C=O) groups is 1. The number of hydrogen-bond acceptors (Lipinski definition) is 3. The van der Waals surface area contributed by atoms with E-state index in [9.17, 15) is 26.4 Å². The lowest BCUT2D eigenvalue weighted by Gasteiger charge is -2.11. The second-order valence-corrected chi connectivity index (χ2v) is 11.1. The first-order valence-corrected chi connectivity index (χ1v) is 13.9. The Hall–Kier alpha value is -4.57. The predicted molar refractivity (Wildman–Crippen MR) is 150 cm³/mol. The molecule has 0 saturated carbocycles. The number of nitrogens with zero attached hydrogens (tertiary/aromatic N) is 1. The fraction of sp³-hybridized carbons (Fsp3) is 0.100. The van der Waals surface area contributed by atoms with Crippen LogP contribution >= 0.6 is 0 Å². The molecule has 1 aromatic heterocycles. The Bertz CT molecular complexity index is 1960. The molecule has 0 spiro atoms. The van der Waals surface area contributed by atoms with Gasteiger partial charge in [0.15, 0.2) is 0 Å². The number of aryl methyl sites for hydroxylation is 1. The molecule has 0 radical (unpaired) electrons. The Morgan fingerprint density at radius 2 is 1.62 bits per heavy atom. The highest BCUT2D eigenvalue weighted by atomic mass is 32.2. The Kier molecular flexibility index (Phi) is 5.95. The summed E-state index contributed by atoms with van der Waals surface area (Å²) in [5.74, 6) is -0.365. The summed E-state index contributed by atoms with van der Waals surface area (Å²) < 4.78 is 69.2. The molecule has 0 atom stereocenters. The number of para-hydroxylation sites is 1. The maximum atomic E-state index is 13.1. The number of alkyl halides is 3. The predicted octanol–water partition coefficient (Wildman–Crippen LogP) is 7.13. The van der Waals surface area contributed by atoms with Gasteiger partial charge in [-0.2, -0.15) is 13.2 Å². The van der Waals surface area contributed by atoms with Gasteiger partial charge >= 0.3 is 6.18 Å². The average molecular weight is 562 g/mol. The quantitative estimate of drug-likeness (QED) is 0.224. The molecule has 2 heterocycles. The van der Waals surface area contributed by atoms with Crippen molar-refractivity contribution in [2.45, 2.75) is 24.5 Å². The van der Waals surface area contributed by atoms with Crippen LogP contribution in [0.1, 0.15) is 23.6 Å². The first kappa shape index (κ1) is 25.7. The summed E-state index contributed by atoms with van der Waals surface area (Å²) in [6, 6.07) is 21.9. The van der Waals surface area contributed by atoms with Crippen molar-refractivity contribution < 1.29 is 26.4 Å². The summed E-state index contributed by atoms with van der Waals surface area (Å²) in [5.41, 5.74) is 3.25. The van der Waals surface area contributed by atoms with E-state index in [4.69, 9.17) is 0 Å². The second-order valence-electron chi connectivity index (χ2n) is 9.44. The largest absolute Gasteiger partial charge is 0.416 e. The summed E-state index contributed by atoms with van der Waals surface area (Å²) >= 11 is 0. The minimum atomic E-state index is -4.53. The zero-order valence-corrected chi connectivity index (χ0v) is 21.9. The van der Waals surface area contributed by atoms with Crippen molar-refractivity contribution in [3.63, 3.8) is 0 Å². The molecule has 1 aliphatic heterocycles. The molecule has 0 fully saturated rings. The molecule has 6 rings (SSSR count). The zero-order chi connectivity index (χ0) is 28.2. The van der Waals surface area contributed by atoms with Crippen LogP contribution in [0.2, 0.25) is 0 Å². The third kappa shape index (κ3) is 4.40. The van der Waals surface area contributed by atoms with Gasteiger partial charge in [0, 0.05) is 50.9 Å². The van der Waals surface area contributed by atoms with E-state index in [1.807, 2.05) is 30.3 Å². The molecule has 0 aliphatic carbocycles. The monoisotopic (exact) mass is 561 g/mol. The van der Waals surface area contributed by atoms with Gasteiger partial charge < -0.3 is 9.88 Å². The minimum absolute atomic E-state index is 0.0157. The molecular weight excluding hydrogens is 539 g/mol. The Morgan fingerprint density at radius 1 is 0.900 bits per heavy atom. The highest BCUT2D eigenvalue weighted by Crippen LogP contribution is 2.37. The SMILES string of the molecule is CCn1c2ccccc2c2cc(C=C3C(=O)Nc4ccc(S(=O)(=O)Nc5ccc(C(F)(F)F)cc5)cc43)ccc21. The Labute approximate surface area is 227 Å². The third-order valence-electron chi connectivity index (χ3n) is 6.97. The van der Waals surface area contributed by atoms with Crippen LogP contribution in [0.15, 0.2) is 89.8 Å². The van der Waals surface area contributed by atoms with E-state index < -0.39 is 21.8 Å². The van der Waals surface area contributed by atoms with Gasteiger partial charge in [0.2, 0.25) is 0 Å². The number of rotatable bonds is 5. The van der Waals surface area contributed by atoms with E-state index in [2.05, 4.69) is 33.7 Å². The van der Waals surface area contributed by atoms with Gasteiger partial charge in [0.25, 0.3) is 15.9 Å². The van der Waals surface area contributed by atoms with Gasteiger partial charge in [0.05, 0.1) is 10.5 Å². The second kappa shape index (κ2) is 9.27. The molecular formula is C30H22F3N3O3S. The van der Waals surface area contributed by atoms with E-state index in [0.29, 0.717) is 16.8 Å². The number of benzene rings is 4. The van der Waals surface area contributed by atoms with Crippen LogP contribution in [0, 0.1) is 0 Å². The van der Waals surface area contributed by atoms with E-state index >= 15 is 0 Å². The van der Waals surface area contributed by atoms with Crippen LogP contribution in [0.4, 0.5) is 24.5 Å². The molecule has 40 heavy (non-hydrogen) atoms. The van der Waals surface area contributed by atoms with Gasteiger partial charge in [-0.15, -0.1) is 0 Å². The van der Waals surface area contributed by atoms with Gasteiger partial charge in [-0.25, -0.2) is 8.42 Å². The number of halogens is 3. The molecule has 5 aromatic rings. The number of carbonyl (C=O) groups excluding carboxylic acids is 1. The number of anilines is 2. The lowest BCUT2D eigenvalue weighted by atomic mass is 10.0. The summed E-state index contributed by atoms with van der Waals surface area (Å²) in [7, 11) is -4.15. The van der Waals surface area contributed by atoms with Crippen molar-refractivity contribution in [1.82, 2.24) is 4.57 Å². The van der Waals surface area contributed by atoms with Crippen molar-refractivity contribution in [3.8, 4) is 0 Å². The van der Waals surface area contributed by atoms with Crippen molar-refractivity contribution >= 4 is 60.8 Å². The number of nitrogens with one attached hydrogen (secondary N) is 2. The van der Waals surface area contributed by atoms with E-state index in [0.717, 1.165) is 58.2 Å². The number of amides is 1. The van der Waals surface area contributed by atoms with Crippen LogP contribution in [0.25, 0.3) is 33.5 Å². The van der Waals surface area contributed by atoms with E-state index in [1.165, 1.54) is 18.2 Å². The maximum Gasteiger partial charge on any atom is 0.416 e. The van der Waals surface area contributed by atoms with Gasteiger partial charge in [-0.1, -0.05) is 24.3 Å². The van der Waals surface area contributed by atoms with Crippen molar-refractivity contribution in [3.05, 3.63) is 102 Å². The van der Waals surface area contributed by atoms with Crippen LogP contribution in [-0.4, -0.2) is 18.9 Å². The van der Waals surface area contributed by atoms with E-state index in [-0.39, 0.29) is 16.5 Å². The standard InChI is InChI=1S/C30H22F3N3O3S/c1-2-36-27-6-4-3-5-22(27)24-15-18(7-14-28(24)36)16-25-23-17-21(12-13-26(23)34-29(25)37)40(38,39)35-20-10-8-19(9-11-20)30(31,32)33/h3-17,35H,2H2,1H3,(H,34,37). The fourth-order valence-corrected chi connectivity index (χ4v) is 6.17. The summed E-state index contributed by atoms with van der Waals surface area (Å²) in [4.78, 5) is 12.8. The molecule has 0 bridgehead atoms. The molecule has 0 saturated heterocycles. The molecule has 10 heteroatoms. The molecule has 4 aromatic carbocycles. The average Bonchev–Trinajstić information content (AvgIpc) is 3.41. The summed E-state index contributed by atoms with van der Waals surface area (Å²) in [6.07, 6.45) is -2.81. The minimum Gasteiger partial charge on any atom is -0.341 e. The fourth-order valence-electron chi connectivity index (χ4n) is 5.09. The number of hydrogen-bond donors (Lipinski definition) is 2. The van der Waals surface area contributed by atoms with Crippen LogP contribution in [0.3, 0.4) is 0 Å². The van der Waals surface area contributed by atoms with Crippen molar-refractivity contribution in [2.24, 2.45) is 0 Å². The summed E-state index contributed by atoms with van der Waals surface area (Å²) in [6.45, 7) is 2.89. The van der Waals surface area contributed by atoms with Gasteiger partial charge in [-0.05, 0) is 79.2 Å². The highest BCUT2D eigenvalue weighted by molar-refractivity contribution is 7.92. The molecule has 2 N–H and O–H groups in total. The first-order chi connectivity index (χ1) is 19.0. The van der Waals surface area contributed by atoms with Crippen molar-refractivity contribution in [2.75, 3.05) is 10.0 Å². The molecule has 1 amide bonds. The molecule has 6 nitrogen and oxygen atoms in total. The van der Waals surface area contributed by atoms with Crippen LogP contribution in [0.5, 0.6) is 0 Å². The summed E-state index contributed by atoms with van der Waals surface area (Å²) in [5, 5.41) is 4.90. The van der Waals surface area contributed by atoms with Gasteiger partial charge in [0.1, 0.15) is 0 Å². The third-order valence-corrected chi connectivity index (χ3v) is 8.35. The lowest BCUT2D eigenvalue weighted by molar-refractivity contribution is -0.137. The van der Waals surface area contributed by atoms with Gasteiger partial charge in [-0.3, -0.25) is 9.52 Å². The van der Waals surface area contributed by atoms with Crippen molar-refractivity contribution in [1.29, 1.82) is 0 Å². The van der Waals surface area contributed by atoms with Crippen LogP contribution < -0.4 is 10.0 Å². The molecule has 202 valence electrons. The number of fused-ring (bicyclic) bond motifs is 4. The highest BCUT2D eigenvalue weighted by Gasteiger charge is 2.30. The smallest absolute Gasteiger partial charge is 0.341 e. The molecule has 1 aliphatic rings. The first-order valence-electron chi connectivity index (χ1n) is 12.4. The normalized spacial score (nSPS) is 14.6. The number of sulfonamides is 1. The lowest BCUT2D eigenvalue weighted by Crippen LogP contribution is -2.13. The Morgan fingerprint density at radius 3 is 2.35 bits per heavy atom. The Balaban J connectivity index is 1.36. The van der Waals surface area contributed by atoms with E-state index in [1.54, 1.807) is 6.08 Å². The topological polar surface area (TPSA) is 80.2 Å². The maximum absolute atomic E-state index is 13.1. The zero-order valence-electron chi connectivity index (χ0n) is 21.1.